The minimum absolute atomic E-state index is 0.156. The van der Waals surface area contributed by atoms with Gasteiger partial charge in [-0.1, -0.05) is 50.2 Å². The third-order valence-electron chi connectivity index (χ3n) is 4.51. The lowest BCUT2D eigenvalue weighted by Crippen LogP contribution is -2.49. The number of rotatable bonds is 8. The van der Waals surface area contributed by atoms with Gasteiger partial charge in [0.25, 0.3) is 0 Å². The third kappa shape index (κ3) is 4.98. The summed E-state index contributed by atoms with van der Waals surface area (Å²) in [4.78, 5) is 13.9. The highest BCUT2D eigenvalue weighted by Gasteiger charge is 2.28. The van der Waals surface area contributed by atoms with Crippen LogP contribution < -0.4 is 10.0 Å². The molecule has 0 saturated carbocycles. The largest absolute Gasteiger partial charge is 0.354 e. The van der Waals surface area contributed by atoms with Crippen molar-refractivity contribution >= 4 is 38.0 Å². The van der Waals surface area contributed by atoms with Crippen LogP contribution in [0.3, 0.4) is 0 Å². The van der Waals surface area contributed by atoms with E-state index >= 15 is 0 Å². The predicted molar refractivity (Wildman–Crippen MR) is 114 cm³/mol. The molecule has 7 heteroatoms. The van der Waals surface area contributed by atoms with E-state index in [4.69, 9.17) is 0 Å². The normalized spacial score (nSPS) is 13.0. The fourth-order valence-corrected chi connectivity index (χ4v) is 5.02. The van der Waals surface area contributed by atoms with Crippen LogP contribution in [0.1, 0.15) is 18.7 Å². The van der Waals surface area contributed by atoms with Crippen LogP contribution in [0.4, 0.5) is 0 Å². The Balaban J connectivity index is 1.71. The van der Waals surface area contributed by atoms with E-state index in [1.807, 2.05) is 55.6 Å². The summed E-state index contributed by atoms with van der Waals surface area (Å²) in [7, 11) is -3.82. The van der Waals surface area contributed by atoms with E-state index in [1.165, 1.54) is 4.88 Å². The summed E-state index contributed by atoms with van der Waals surface area (Å²) in [6, 6.07) is 15.7. The van der Waals surface area contributed by atoms with E-state index in [0.29, 0.717) is 6.54 Å². The Labute approximate surface area is 169 Å². The summed E-state index contributed by atoms with van der Waals surface area (Å²) >= 11 is 1.63. The van der Waals surface area contributed by atoms with Crippen LogP contribution in [0.15, 0.2) is 64.9 Å². The second kappa shape index (κ2) is 8.86. The van der Waals surface area contributed by atoms with Gasteiger partial charge in [0, 0.05) is 11.4 Å². The highest BCUT2D eigenvalue weighted by molar-refractivity contribution is 7.89. The molecule has 0 bridgehead atoms. The average molecular weight is 417 g/mol. The van der Waals surface area contributed by atoms with Gasteiger partial charge < -0.3 is 5.32 Å². The number of fused-ring (bicyclic) bond motifs is 1. The first-order valence-corrected chi connectivity index (χ1v) is 11.5. The first-order chi connectivity index (χ1) is 13.4. The lowest BCUT2D eigenvalue weighted by molar-refractivity contribution is -0.123. The summed E-state index contributed by atoms with van der Waals surface area (Å²) in [5, 5.41) is 6.64. The van der Waals surface area contributed by atoms with Crippen LogP contribution in [-0.2, 0) is 21.2 Å². The number of benzene rings is 2. The molecule has 0 saturated heterocycles. The smallest absolute Gasteiger partial charge is 0.241 e. The van der Waals surface area contributed by atoms with Gasteiger partial charge in [0.05, 0.1) is 4.90 Å². The van der Waals surface area contributed by atoms with Crippen molar-refractivity contribution in [1.29, 1.82) is 0 Å². The fourth-order valence-electron chi connectivity index (χ4n) is 2.94. The van der Waals surface area contributed by atoms with E-state index in [-0.39, 0.29) is 16.7 Å². The van der Waals surface area contributed by atoms with Gasteiger partial charge in [-0.3, -0.25) is 4.79 Å². The minimum atomic E-state index is -3.82. The zero-order valence-electron chi connectivity index (χ0n) is 15.9. The maximum Gasteiger partial charge on any atom is 0.241 e. The van der Waals surface area contributed by atoms with E-state index in [9.17, 15) is 13.2 Å². The zero-order valence-corrected chi connectivity index (χ0v) is 17.5. The average Bonchev–Trinajstić information content (AvgIpc) is 3.19. The van der Waals surface area contributed by atoms with Gasteiger partial charge in [0.15, 0.2) is 0 Å². The molecule has 0 radical (unpaired) electrons. The van der Waals surface area contributed by atoms with E-state index in [0.717, 1.165) is 17.2 Å². The van der Waals surface area contributed by atoms with Crippen molar-refractivity contribution in [2.45, 2.75) is 31.2 Å². The van der Waals surface area contributed by atoms with Crippen LogP contribution in [0.5, 0.6) is 0 Å². The third-order valence-corrected chi connectivity index (χ3v) is 6.89. The number of carbonyl (C=O) groups is 1. The number of nitrogens with one attached hydrogen (secondary N) is 2. The van der Waals surface area contributed by atoms with Crippen molar-refractivity contribution in [2.24, 2.45) is 5.92 Å². The lowest BCUT2D eigenvalue weighted by atomic mass is 10.1. The van der Waals surface area contributed by atoms with Gasteiger partial charge in [-0.25, -0.2) is 8.42 Å². The van der Waals surface area contributed by atoms with Crippen molar-refractivity contribution in [3.05, 3.63) is 64.9 Å². The van der Waals surface area contributed by atoms with E-state index in [1.54, 1.807) is 29.5 Å². The van der Waals surface area contributed by atoms with E-state index in [2.05, 4.69) is 10.0 Å². The second-order valence-electron chi connectivity index (χ2n) is 6.97. The topological polar surface area (TPSA) is 75.3 Å². The maximum absolute atomic E-state index is 12.9. The Bertz CT molecular complexity index is 1040. The first-order valence-electron chi connectivity index (χ1n) is 9.18. The number of carbonyl (C=O) groups excluding carboxylic acids is 1. The number of thiophene rings is 1. The zero-order chi connectivity index (χ0) is 20.1. The van der Waals surface area contributed by atoms with Crippen LogP contribution >= 0.6 is 11.3 Å². The second-order valence-corrected chi connectivity index (χ2v) is 9.72. The molecule has 0 aliphatic heterocycles. The summed E-state index contributed by atoms with van der Waals surface area (Å²) < 4.78 is 28.3. The Kier molecular flexibility index (Phi) is 6.49. The molecule has 0 spiro atoms. The predicted octanol–water partition coefficient (Wildman–Crippen LogP) is 3.56. The molecular formula is C21H24N2O3S2. The molecule has 1 aromatic heterocycles. The number of sulfonamides is 1. The maximum atomic E-state index is 12.9. The molecule has 1 amide bonds. The van der Waals surface area contributed by atoms with Gasteiger partial charge in [0.2, 0.25) is 15.9 Å². The number of hydrogen-bond acceptors (Lipinski definition) is 4. The van der Waals surface area contributed by atoms with Crippen LogP contribution in [0, 0.1) is 5.92 Å². The fraction of sp³-hybridized carbons (Fsp3) is 0.286. The van der Waals surface area contributed by atoms with Crippen molar-refractivity contribution in [3.63, 3.8) is 0 Å². The Morgan fingerprint density at radius 2 is 1.79 bits per heavy atom. The molecule has 1 heterocycles. The van der Waals surface area contributed by atoms with Crippen molar-refractivity contribution < 1.29 is 13.2 Å². The van der Waals surface area contributed by atoms with Crippen molar-refractivity contribution in [1.82, 2.24) is 10.0 Å². The highest BCUT2D eigenvalue weighted by Crippen LogP contribution is 2.20. The van der Waals surface area contributed by atoms with Crippen molar-refractivity contribution in [3.8, 4) is 0 Å². The van der Waals surface area contributed by atoms with E-state index < -0.39 is 16.1 Å². The molecule has 0 aliphatic carbocycles. The number of hydrogen-bond donors (Lipinski definition) is 2. The van der Waals surface area contributed by atoms with Crippen molar-refractivity contribution in [2.75, 3.05) is 6.54 Å². The van der Waals surface area contributed by atoms with Gasteiger partial charge in [0.1, 0.15) is 6.04 Å². The monoisotopic (exact) mass is 416 g/mol. The summed E-state index contributed by atoms with van der Waals surface area (Å²) in [5.74, 6) is -0.493. The SMILES string of the molecule is CC(C)C(NS(=O)(=O)c1ccc2ccccc2c1)C(=O)NCCc1cccs1. The molecule has 3 aromatic rings. The Morgan fingerprint density at radius 3 is 2.46 bits per heavy atom. The van der Waals surface area contributed by atoms with Gasteiger partial charge in [-0.15, -0.1) is 11.3 Å². The van der Waals surface area contributed by atoms with Gasteiger partial charge >= 0.3 is 0 Å². The van der Waals surface area contributed by atoms with Crippen LogP contribution in [-0.4, -0.2) is 26.9 Å². The molecule has 2 aromatic carbocycles. The minimum Gasteiger partial charge on any atom is -0.354 e. The molecule has 5 nitrogen and oxygen atoms in total. The standard InChI is InChI=1S/C21H24N2O3S2/c1-15(2)20(21(24)22-12-11-18-8-5-13-27-18)23-28(25,26)19-10-9-16-6-3-4-7-17(16)14-19/h3-10,13-15,20,23H,11-12H2,1-2H3,(H,22,24). The molecule has 0 aliphatic rings. The van der Waals surface area contributed by atoms with Gasteiger partial charge in [-0.05, 0) is 46.7 Å². The summed E-state index contributed by atoms with van der Waals surface area (Å²) in [6.45, 7) is 4.12. The summed E-state index contributed by atoms with van der Waals surface area (Å²) in [5.41, 5.74) is 0. The molecule has 0 fully saturated rings. The number of amides is 1. The molecule has 28 heavy (non-hydrogen) atoms. The molecule has 1 unspecified atom stereocenters. The highest BCUT2D eigenvalue weighted by atomic mass is 32.2. The first kappa shape index (κ1) is 20.5. The Hall–Kier alpha value is -2.22. The van der Waals surface area contributed by atoms with Crippen LogP contribution in [0.2, 0.25) is 0 Å². The van der Waals surface area contributed by atoms with Gasteiger partial charge in [-0.2, -0.15) is 4.72 Å². The summed E-state index contributed by atoms with van der Waals surface area (Å²) in [6.07, 6.45) is 0.728. The molecule has 2 N–H and O–H groups in total. The quantitative estimate of drug-likeness (QED) is 0.590. The molecular weight excluding hydrogens is 392 g/mol. The molecule has 3 rings (SSSR count). The molecule has 1 atom stereocenters. The Morgan fingerprint density at radius 1 is 1.04 bits per heavy atom. The molecule has 148 valence electrons. The van der Waals surface area contributed by atoms with Crippen LogP contribution in [0.25, 0.3) is 10.8 Å². The lowest BCUT2D eigenvalue weighted by Gasteiger charge is -2.21.